The largest absolute Gasteiger partial charge is 1.00 e. The first-order valence-electron chi connectivity index (χ1n) is 9.52. The minimum atomic E-state index is -4.83. The van der Waals surface area contributed by atoms with Crippen LogP contribution in [0.2, 0.25) is 0 Å². The normalized spacial score (nSPS) is 12.5. The van der Waals surface area contributed by atoms with Gasteiger partial charge in [0.25, 0.3) is 10.1 Å². The Bertz CT molecular complexity index is 1720. The Kier molecular flexibility index (Phi) is 9.21. The third kappa shape index (κ3) is 7.55. The van der Waals surface area contributed by atoms with Crippen molar-refractivity contribution in [3.8, 4) is 11.4 Å². The number of aromatic nitrogens is 2. The van der Waals surface area contributed by atoms with E-state index in [0.717, 1.165) is 35.0 Å². The molecule has 0 aliphatic carbocycles. The van der Waals surface area contributed by atoms with Crippen LogP contribution in [0.5, 0.6) is 5.75 Å². The van der Waals surface area contributed by atoms with Gasteiger partial charge in [-0.1, -0.05) is 12.6 Å². The molecule has 0 aliphatic rings. The van der Waals surface area contributed by atoms with E-state index in [2.05, 4.69) is 19.5 Å². The molecule has 3 aromatic rings. The molecule has 1 radical (unpaired) electrons. The van der Waals surface area contributed by atoms with E-state index in [-0.39, 0.29) is 47.6 Å². The van der Waals surface area contributed by atoms with Crippen molar-refractivity contribution in [2.75, 3.05) is 12.4 Å². The smallest absolute Gasteiger partial charge is 0.506 e. The third-order valence-electron chi connectivity index (χ3n) is 4.51. The molecule has 3 rings (SSSR count). The molecule has 0 saturated heterocycles. The fourth-order valence-electron chi connectivity index (χ4n) is 2.79. The molecule has 0 bridgehead atoms. The molecule has 3 N–H and O–H groups in total. The number of hydrogen-bond acceptors (Lipinski definition) is 12. The van der Waals surface area contributed by atoms with Crippen LogP contribution in [0.4, 0.5) is 11.4 Å². The van der Waals surface area contributed by atoms with Gasteiger partial charge in [-0.15, -0.1) is 5.69 Å². The number of aromatic hydroxyl groups is 1. The summed E-state index contributed by atoms with van der Waals surface area (Å²) >= 11 is 0. The van der Waals surface area contributed by atoms with Crippen LogP contribution in [0.15, 0.2) is 67.3 Å². The van der Waals surface area contributed by atoms with E-state index < -0.39 is 58.9 Å². The van der Waals surface area contributed by atoms with Crippen LogP contribution in [0.25, 0.3) is 5.69 Å². The Labute approximate surface area is 223 Å². The van der Waals surface area contributed by atoms with Crippen LogP contribution in [0.1, 0.15) is 8.55 Å². The predicted octanol–water partition coefficient (Wildman–Crippen LogP) is 1.44. The van der Waals surface area contributed by atoms with Gasteiger partial charge in [0.05, 0.1) is 27.8 Å². The van der Waals surface area contributed by atoms with Crippen LogP contribution in [0, 0.1) is 6.92 Å². The van der Waals surface area contributed by atoms with Crippen LogP contribution in [-0.2, 0) is 51.6 Å². The van der Waals surface area contributed by atoms with Crippen molar-refractivity contribution in [1.82, 2.24) is 9.78 Å². The Hall–Kier alpha value is -2.90. The molecule has 0 saturated carbocycles. The summed E-state index contributed by atoms with van der Waals surface area (Å²) in [6.45, 7) is 0.566. The summed E-state index contributed by atoms with van der Waals surface area (Å²) in [6.07, 6.45) is 0. The number of phenolic OH excluding ortho intramolecular Hbond substituents is 1. The van der Waals surface area contributed by atoms with Gasteiger partial charge in [0.1, 0.15) is 17.0 Å². The van der Waals surface area contributed by atoms with Gasteiger partial charge in [0, 0.05) is 17.1 Å². The first-order valence-corrected chi connectivity index (χ1v) is 14.0. The average molecular weight is 627 g/mol. The Morgan fingerprint density at radius 1 is 1.03 bits per heavy atom. The summed E-state index contributed by atoms with van der Waals surface area (Å²) in [5, 5.41) is 21.5. The van der Waals surface area contributed by atoms with Crippen molar-refractivity contribution in [3.63, 3.8) is 0 Å². The monoisotopic (exact) mass is 626 g/mol. The van der Waals surface area contributed by atoms with Gasteiger partial charge in [-0.2, -0.15) is 21.9 Å². The first kappa shape index (κ1) is 30.3. The minimum Gasteiger partial charge on any atom is -0.506 e. The molecule has 0 fully saturated rings. The second-order valence-electron chi connectivity index (χ2n) is 7.04. The second kappa shape index (κ2) is 11.2. The summed E-state index contributed by atoms with van der Waals surface area (Å²) in [5.41, 5.74) is -1.10. The number of rotatable bonds is 9. The van der Waals surface area contributed by atoms with Gasteiger partial charge in [-0.05, 0) is 42.5 Å². The quantitative estimate of drug-likeness (QED) is 0.132. The number of nitrogens with zero attached hydrogens (tertiary/aromatic N) is 4. The first-order chi connectivity index (χ1) is 16.6. The number of hydrogen-bond donors (Lipinski definition) is 3. The van der Waals surface area contributed by atoms with Crippen LogP contribution < -0.4 is 5.56 Å². The summed E-state index contributed by atoms with van der Waals surface area (Å²) in [5.74, 6) is -1.30. The Balaban J connectivity index is 0.00000481. The molecule has 0 spiro atoms. The standard InChI is InChI=1S/C18H17N4O11S3.Cu/c1-11-17(18(24)22(21-11)12-2-4-13(5-3-12)35(27,28)29)20-19-15-10-14(6-7-16(15)23)34(25,26)9-8-33-36(30,31)32;/h2-7,10,23H,8-9H2,1H3,(H,27,28,29)(H,30,31,32);/q-1;/p+2. The van der Waals surface area contributed by atoms with Gasteiger partial charge < -0.3 is 15.0 Å². The van der Waals surface area contributed by atoms with Gasteiger partial charge in [0.2, 0.25) is 0 Å². The molecule has 205 valence electrons. The SMILES string of the molecule is Cc1nn(-c2ccc(S(=O)(=O)O)cc2)c(=O)[c-]1N=Nc1cc(S(=O)(=O)CCOS(=O)(=O)O)ccc1O.[Cu].[H+].[H+]. The summed E-state index contributed by atoms with van der Waals surface area (Å²) in [7, 11) is -13.4. The molecule has 0 amide bonds. The maximum atomic E-state index is 12.7. The van der Waals surface area contributed by atoms with E-state index in [1.54, 1.807) is 0 Å². The second-order valence-corrected chi connectivity index (χ2v) is 11.7. The van der Waals surface area contributed by atoms with E-state index in [4.69, 9.17) is 9.11 Å². The number of phenols is 1. The Morgan fingerprint density at radius 3 is 2.19 bits per heavy atom. The number of azo groups is 1. The summed E-state index contributed by atoms with van der Waals surface area (Å²) in [4.78, 5) is 12.0. The molecule has 1 aromatic heterocycles. The topological polar surface area (TPSA) is 232 Å². The third-order valence-corrected chi connectivity index (χ3v) is 7.52. The molecule has 19 heteroatoms. The maximum absolute atomic E-state index is 12.7. The van der Waals surface area contributed by atoms with E-state index >= 15 is 0 Å². The van der Waals surface area contributed by atoms with Crippen molar-refractivity contribution in [3.05, 3.63) is 58.5 Å². The van der Waals surface area contributed by atoms with E-state index in [1.165, 1.54) is 19.1 Å². The van der Waals surface area contributed by atoms with Gasteiger partial charge >= 0.3 is 13.3 Å². The van der Waals surface area contributed by atoms with E-state index in [9.17, 15) is 35.2 Å². The van der Waals surface area contributed by atoms with Gasteiger partial charge in [-0.25, -0.2) is 22.4 Å². The molecule has 2 aromatic carbocycles. The zero-order chi connectivity index (χ0) is 26.9. The molecule has 15 nitrogen and oxygen atoms in total. The minimum absolute atomic E-state index is 0. The maximum Gasteiger partial charge on any atom is 1.00 e. The molecule has 1 heterocycles. The number of sulfone groups is 1. The molecule has 37 heavy (non-hydrogen) atoms. The fourth-order valence-corrected chi connectivity index (χ4v) is 4.78. The Morgan fingerprint density at radius 2 is 1.62 bits per heavy atom. The van der Waals surface area contributed by atoms with Crippen molar-refractivity contribution in [1.29, 1.82) is 0 Å². The van der Waals surface area contributed by atoms with Crippen molar-refractivity contribution in [2.24, 2.45) is 10.2 Å². The number of aryl methyl sites for hydroxylation is 1. The van der Waals surface area contributed by atoms with E-state index in [0.29, 0.717) is 0 Å². The molecular formula is C18H19CuN4O11S3+. The van der Waals surface area contributed by atoms with Crippen LogP contribution >= 0.6 is 0 Å². The van der Waals surface area contributed by atoms with Crippen LogP contribution in [-0.4, -0.2) is 61.6 Å². The van der Waals surface area contributed by atoms with Crippen molar-refractivity contribution >= 4 is 41.7 Å². The molecular weight excluding hydrogens is 608 g/mol. The predicted molar refractivity (Wildman–Crippen MR) is 124 cm³/mol. The van der Waals surface area contributed by atoms with Gasteiger partial charge in [0.15, 0.2) is 9.84 Å². The summed E-state index contributed by atoms with van der Waals surface area (Å²) in [6, 6.07) is 7.53. The zero-order valence-corrected chi connectivity index (χ0v) is 21.8. The summed E-state index contributed by atoms with van der Waals surface area (Å²) < 4.78 is 90.8. The van der Waals surface area contributed by atoms with Gasteiger partial charge in [-0.3, -0.25) is 9.11 Å². The molecule has 0 unspecified atom stereocenters. The zero-order valence-electron chi connectivity index (χ0n) is 20.4. The molecule has 0 aliphatic heterocycles. The van der Waals surface area contributed by atoms with E-state index in [1.807, 2.05) is 0 Å². The average Bonchev–Trinajstić information content (AvgIpc) is 3.05. The fraction of sp³-hybridized carbons (Fsp3) is 0.167. The van der Waals surface area contributed by atoms with Crippen molar-refractivity contribution < 1.29 is 63.6 Å². The van der Waals surface area contributed by atoms with Crippen molar-refractivity contribution in [2.45, 2.75) is 16.7 Å². The molecule has 0 atom stereocenters. The number of benzene rings is 2. The van der Waals surface area contributed by atoms with Crippen LogP contribution in [0.3, 0.4) is 0 Å².